The van der Waals surface area contributed by atoms with Crippen LogP contribution in [0.15, 0.2) is 12.1 Å². The second-order valence-corrected chi connectivity index (χ2v) is 4.30. The lowest BCUT2D eigenvalue weighted by Gasteiger charge is -2.11. The number of aromatic nitrogens is 1. The van der Waals surface area contributed by atoms with Crippen LogP contribution >= 0.6 is 0 Å². The van der Waals surface area contributed by atoms with Crippen LogP contribution in [-0.2, 0) is 4.74 Å². The topological polar surface area (TPSA) is 71.5 Å². The number of hydrogen-bond donors (Lipinski definition) is 2. The fourth-order valence-electron chi connectivity index (χ4n) is 1.88. The Morgan fingerprint density at radius 2 is 2.47 bits per heavy atom. The van der Waals surface area contributed by atoms with Gasteiger partial charge in [-0.05, 0) is 25.5 Å². The average Bonchev–Trinajstić information content (AvgIpc) is 2.78. The molecule has 92 valence electrons. The van der Waals surface area contributed by atoms with Gasteiger partial charge in [-0.15, -0.1) is 0 Å². The van der Waals surface area contributed by atoms with E-state index in [1.54, 1.807) is 19.1 Å². The normalized spacial score (nSPS) is 19.2. The quantitative estimate of drug-likeness (QED) is 0.829. The van der Waals surface area contributed by atoms with Crippen LogP contribution in [0.2, 0.25) is 0 Å². The Morgan fingerprint density at radius 3 is 3.12 bits per heavy atom. The highest BCUT2D eigenvalue weighted by Crippen LogP contribution is 2.15. The summed E-state index contributed by atoms with van der Waals surface area (Å²) in [4.78, 5) is 15.2. The minimum atomic E-state index is -0.928. The molecule has 1 saturated heterocycles. The molecule has 0 amide bonds. The highest BCUT2D eigenvalue weighted by molar-refractivity contribution is 5.88. The fourth-order valence-corrected chi connectivity index (χ4v) is 1.88. The van der Waals surface area contributed by atoms with Crippen molar-refractivity contribution in [1.29, 1.82) is 0 Å². The monoisotopic (exact) mass is 236 g/mol. The molecule has 0 saturated carbocycles. The molecule has 5 nitrogen and oxygen atoms in total. The van der Waals surface area contributed by atoms with E-state index in [2.05, 4.69) is 10.3 Å². The maximum atomic E-state index is 10.9. The number of carboxylic acids is 1. The van der Waals surface area contributed by atoms with Gasteiger partial charge in [0.25, 0.3) is 0 Å². The van der Waals surface area contributed by atoms with Gasteiger partial charge in [0.15, 0.2) is 0 Å². The summed E-state index contributed by atoms with van der Waals surface area (Å²) in [6.45, 7) is 4.14. The van der Waals surface area contributed by atoms with E-state index in [0.29, 0.717) is 17.4 Å². The molecule has 1 aliphatic heterocycles. The van der Waals surface area contributed by atoms with Crippen molar-refractivity contribution in [2.24, 2.45) is 5.92 Å². The number of nitrogens with zero attached hydrogens (tertiary/aromatic N) is 1. The molecule has 1 atom stereocenters. The Bertz CT molecular complexity index is 414. The van der Waals surface area contributed by atoms with Gasteiger partial charge in [0, 0.05) is 24.8 Å². The van der Waals surface area contributed by atoms with E-state index in [4.69, 9.17) is 9.84 Å². The van der Waals surface area contributed by atoms with Crippen LogP contribution in [0.25, 0.3) is 0 Å². The third kappa shape index (κ3) is 3.17. The number of rotatable bonds is 4. The summed E-state index contributed by atoms with van der Waals surface area (Å²) in [5, 5.41) is 12.1. The predicted molar refractivity (Wildman–Crippen MR) is 63.3 cm³/mol. The SMILES string of the molecule is Cc1cc(C(=O)O)cc(NCC2CCOC2)n1. The minimum absolute atomic E-state index is 0.266. The van der Waals surface area contributed by atoms with Crippen LogP contribution in [0.3, 0.4) is 0 Å². The number of aromatic carboxylic acids is 1. The van der Waals surface area contributed by atoms with E-state index in [0.717, 1.165) is 26.2 Å². The first-order valence-corrected chi connectivity index (χ1v) is 5.69. The van der Waals surface area contributed by atoms with Gasteiger partial charge in [0.2, 0.25) is 0 Å². The number of pyridine rings is 1. The maximum Gasteiger partial charge on any atom is 0.335 e. The first kappa shape index (κ1) is 11.9. The number of carboxylic acid groups (broad SMARTS) is 1. The largest absolute Gasteiger partial charge is 0.478 e. The number of nitrogens with one attached hydrogen (secondary N) is 1. The van der Waals surface area contributed by atoms with Crippen molar-refractivity contribution in [2.45, 2.75) is 13.3 Å². The van der Waals surface area contributed by atoms with Crippen molar-refractivity contribution >= 4 is 11.8 Å². The average molecular weight is 236 g/mol. The van der Waals surface area contributed by atoms with Crippen molar-refractivity contribution in [1.82, 2.24) is 4.98 Å². The third-order valence-corrected chi connectivity index (χ3v) is 2.80. The molecule has 0 bridgehead atoms. The number of anilines is 1. The summed E-state index contributed by atoms with van der Waals surface area (Å²) in [7, 11) is 0. The molecule has 0 aromatic carbocycles. The number of ether oxygens (including phenoxy) is 1. The van der Waals surface area contributed by atoms with Gasteiger partial charge in [-0.2, -0.15) is 0 Å². The van der Waals surface area contributed by atoms with E-state index in [1.165, 1.54) is 0 Å². The summed E-state index contributed by atoms with van der Waals surface area (Å²) in [5.41, 5.74) is 0.970. The summed E-state index contributed by atoms with van der Waals surface area (Å²) < 4.78 is 5.28. The minimum Gasteiger partial charge on any atom is -0.478 e. The number of hydrogen-bond acceptors (Lipinski definition) is 4. The van der Waals surface area contributed by atoms with Gasteiger partial charge in [-0.3, -0.25) is 0 Å². The van der Waals surface area contributed by atoms with Crippen LogP contribution < -0.4 is 5.32 Å². The third-order valence-electron chi connectivity index (χ3n) is 2.80. The predicted octanol–water partition coefficient (Wildman–Crippen LogP) is 1.54. The standard InChI is InChI=1S/C12H16N2O3/c1-8-4-10(12(15)16)5-11(14-8)13-6-9-2-3-17-7-9/h4-5,9H,2-3,6-7H2,1H3,(H,13,14)(H,15,16). The molecule has 1 fully saturated rings. The van der Waals surface area contributed by atoms with Gasteiger partial charge in [0.05, 0.1) is 12.2 Å². The van der Waals surface area contributed by atoms with Crippen LogP contribution in [0.5, 0.6) is 0 Å². The van der Waals surface area contributed by atoms with Crippen molar-refractivity contribution in [3.63, 3.8) is 0 Å². The Balaban J connectivity index is 2.01. The van der Waals surface area contributed by atoms with Crippen molar-refractivity contribution in [3.8, 4) is 0 Å². The van der Waals surface area contributed by atoms with Crippen molar-refractivity contribution in [3.05, 3.63) is 23.4 Å². The molecule has 1 unspecified atom stereocenters. The van der Waals surface area contributed by atoms with Gasteiger partial charge in [-0.1, -0.05) is 0 Å². The molecule has 0 spiro atoms. The molecule has 5 heteroatoms. The molecular weight excluding hydrogens is 220 g/mol. The Labute approximate surface area is 99.8 Å². The lowest BCUT2D eigenvalue weighted by molar-refractivity contribution is 0.0696. The van der Waals surface area contributed by atoms with Crippen LogP contribution in [0.1, 0.15) is 22.5 Å². The van der Waals surface area contributed by atoms with Gasteiger partial charge < -0.3 is 15.2 Å². The molecule has 0 aliphatic carbocycles. The van der Waals surface area contributed by atoms with E-state index >= 15 is 0 Å². The highest BCUT2D eigenvalue weighted by Gasteiger charge is 2.15. The fraction of sp³-hybridized carbons (Fsp3) is 0.500. The molecule has 2 heterocycles. The van der Waals surface area contributed by atoms with Crippen LogP contribution in [0, 0.1) is 12.8 Å². The summed E-state index contributed by atoms with van der Waals surface area (Å²) in [6, 6.07) is 3.12. The number of aryl methyl sites for hydroxylation is 1. The summed E-state index contributed by atoms with van der Waals surface area (Å²) in [5.74, 6) is 0.183. The van der Waals surface area contributed by atoms with Gasteiger partial charge >= 0.3 is 5.97 Å². The molecule has 0 radical (unpaired) electrons. The molecule has 17 heavy (non-hydrogen) atoms. The molecule has 1 aromatic rings. The van der Waals surface area contributed by atoms with E-state index in [1.807, 2.05) is 0 Å². The summed E-state index contributed by atoms with van der Waals surface area (Å²) in [6.07, 6.45) is 1.05. The Hall–Kier alpha value is -1.62. The molecule has 1 aromatic heterocycles. The van der Waals surface area contributed by atoms with E-state index in [9.17, 15) is 4.79 Å². The zero-order valence-electron chi connectivity index (χ0n) is 9.77. The zero-order chi connectivity index (χ0) is 12.3. The molecular formula is C12H16N2O3. The van der Waals surface area contributed by atoms with E-state index < -0.39 is 5.97 Å². The Kier molecular flexibility index (Phi) is 3.58. The lowest BCUT2D eigenvalue weighted by Crippen LogP contribution is -2.15. The van der Waals surface area contributed by atoms with Crippen molar-refractivity contribution < 1.29 is 14.6 Å². The van der Waals surface area contributed by atoms with Crippen LogP contribution in [-0.4, -0.2) is 35.8 Å². The van der Waals surface area contributed by atoms with Gasteiger partial charge in [0.1, 0.15) is 5.82 Å². The smallest absolute Gasteiger partial charge is 0.335 e. The molecule has 1 aliphatic rings. The second-order valence-electron chi connectivity index (χ2n) is 4.30. The van der Waals surface area contributed by atoms with Crippen molar-refractivity contribution in [2.75, 3.05) is 25.1 Å². The maximum absolute atomic E-state index is 10.9. The molecule has 2 N–H and O–H groups in total. The Morgan fingerprint density at radius 1 is 1.65 bits per heavy atom. The molecule has 2 rings (SSSR count). The highest BCUT2D eigenvalue weighted by atomic mass is 16.5. The zero-order valence-corrected chi connectivity index (χ0v) is 9.77. The van der Waals surface area contributed by atoms with Crippen LogP contribution in [0.4, 0.5) is 5.82 Å². The second kappa shape index (κ2) is 5.14. The summed E-state index contributed by atoms with van der Waals surface area (Å²) >= 11 is 0. The first-order valence-electron chi connectivity index (χ1n) is 5.69. The number of carbonyl (C=O) groups is 1. The van der Waals surface area contributed by atoms with Gasteiger partial charge in [-0.25, -0.2) is 9.78 Å². The van der Waals surface area contributed by atoms with E-state index in [-0.39, 0.29) is 5.56 Å². The lowest BCUT2D eigenvalue weighted by atomic mass is 10.1. The first-order chi connectivity index (χ1) is 8.15.